The summed E-state index contributed by atoms with van der Waals surface area (Å²) in [5.41, 5.74) is 1.44. The molecule has 0 aliphatic rings. The summed E-state index contributed by atoms with van der Waals surface area (Å²) >= 11 is 0. The van der Waals surface area contributed by atoms with Crippen molar-refractivity contribution < 1.29 is 0 Å². The third kappa shape index (κ3) is 2.40. The van der Waals surface area contributed by atoms with Gasteiger partial charge < -0.3 is 15.6 Å². The van der Waals surface area contributed by atoms with Gasteiger partial charge in [0.15, 0.2) is 11.5 Å². The Kier molecular flexibility index (Phi) is 3.20. The van der Waals surface area contributed by atoms with Crippen molar-refractivity contribution in [2.24, 2.45) is 0 Å². The first kappa shape index (κ1) is 12.4. The van der Waals surface area contributed by atoms with Gasteiger partial charge in [0.25, 0.3) is 0 Å². The van der Waals surface area contributed by atoms with Crippen molar-refractivity contribution in [3.05, 3.63) is 24.8 Å². The third-order valence-corrected chi connectivity index (χ3v) is 2.91. The molecule has 0 aromatic carbocycles. The Bertz CT molecular complexity index is 687. The van der Waals surface area contributed by atoms with Crippen molar-refractivity contribution in [1.29, 1.82) is 0 Å². The van der Waals surface area contributed by atoms with Crippen molar-refractivity contribution in [3.63, 3.8) is 0 Å². The van der Waals surface area contributed by atoms with Gasteiger partial charge in [-0.3, -0.25) is 4.68 Å². The number of nitrogens with one attached hydrogen (secondary N) is 3. The SMILES string of the molecule is CNc1nc(NC(C)Cn2cccn2)c2[nH]cnc2n1. The zero-order valence-electron chi connectivity index (χ0n) is 11.3. The van der Waals surface area contributed by atoms with Gasteiger partial charge in [-0.25, -0.2) is 4.98 Å². The first-order valence-electron chi connectivity index (χ1n) is 6.39. The lowest BCUT2D eigenvalue weighted by Crippen LogP contribution is -2.23. The Morgan fingerprint density at radius 3 is 3.05 bits per heavy atom. The number of rotatable bonds is 5. The molecule has 0 spiro atoms. The van der Waals surface area contributed by atoms with E-state index in [4.69, 9.17) is 0 Å². The maximum absolute atomic E-state index is 4.43. The molecule has 1 atom stereocenters. The molecule has 3 heterocycles. The third-order valence-electron chi connectivity index (χ3n) is 2.91. The van der Waals surface area contributed by atoms with E-state index in [1.165, 1.54) is 0 Å². The summed E-state index contributed by atoms with van der Waals surface area (Å²) in [6, 6.07) is 2.07. The van der Waals surface area contributed by atoms with Crippen molar-refractivity contribution in [3.8, 4) is 0 Å². The summed E-state index contributed by atoms with van der Waals surface area (Å²) < 4.78 is 1.88. The predicted octanol–water partition coefficient (Wildman–Crippen LogP) is 1.09. The second-order valence-electron chi connectivity index (χ2n) is 4.52. The predicted molar refractivity (Wildman–Crippen MR) is 76.5 cm³/mol. The lowest BCUT2D eigenvalue weighted by molar-refractivity contribution is 0.560. The summed E-state index contributed by atoms with van der Waals surface area (Å²) in [4.78, 5) is 15.9. The Morgan fingerprint density at radius 2 is 2.30 bits per heavy atom. The number of nitrogens with zero attached hydrogens (tertiary/aromatic N) is 5. The number of hydrogen-bond donors (Lipinski definition) is 3. The van der Waals surface area contributed by atoms with Crippen LogP contribution in [0.4, 0.5) is 11.8 Å². The van der Waals surface area contributed by atoms with E-state index >= 15 is 0 Å². The Labute approximate surface area is 115 Å². The molecule has 3 rings (SSSR count). The first-order chi connectivity index (χ1) is 9.76. The van der Waals surface area contributed by atoms with Gasteiger partial charge in [-0.2, -0.15) is 15.1 Å². The van der Waals surface area contributed by atoms with E-state index in [0.29, 0.717) is 11.6 Å². The summed E-state index contributed by atoms with van der Waals surface area (Å²) in [5, 5.41) is 10.5. The smallest absolute Gasteiger partial charge is 0.226 e. The van der Waals surface area contributed by atoms with Crippen molar-refractivity contribution >= 4 is 22.9 Å². The first-order valence-corrected chi connectivity index (χ1v) is 6.39. The maximum Gasteiger partial charge on any atom is 0.226 e. The van der Waals surface area contributed by atoms with Gasteiger partial charge in [-0.05, 0) is 13.0 Å². The second kappa shape index (κ2) is 5.16. The van der Waals surface area contributed by atoms with E-state index in [1.54, 1.807) is 19.6 Å². The topological polar surface area (TPSA) is 96.3 Å². The molecule has 0 saturated heterocycles. The van der Waals surface area contributed by atoms with Crippen LogP contribution in [0.5, 0.6) is 0 Å². The van der Waals surface area contributed by atoms with E-state index in [-0.39, 0.29) is 6.04 Å². The lowest BCUT2D eigenvalue weighted by Gasteiger charge is -2.15. The van der Waals surface area contributed by atoms with Crippen molar-refractivity contribution in [1.82, 2.24) is 29.7 Å². The molecular formula is C12H16N8. The number of fused-ring (bicyclic) bond motifs is 1. The molecule has 3 aromatic heterocycles. The largest absolute Gasteiger partial charge is 0.364 e. The van der Waals surface area contributed by atoms with Crippen LogP contribution in [-0.4, -0.2) is 42.8 Å². The molecule has 0 fully saturated rings. The zero-order chi connectivity index (χ0) is 13.9. The Morgan fingerprint density at radius 1 is 1.40 bits per heavy atom. The molecule has 0 bridgehead atoms. The minimum Gasteiger partial charge on any atom is -0.364 e. The quantitative estimate of drug-likeness (QED) is 0.643. The molecule has 0 amide bonds. The van der Waals surface area contributed by atoms with E-state index in [2.05, 4.69) is 42.6 Å². The van der Waals surface area contributed by atoms with Gasteiger partial charge in [0.05, 0.1) is 12.9 Å². The summed E-state index contributed by atoms with van der Waals surface area (Å²) in [7, 11) is 1.78. The molecule has 3 aromatic rings. The minimum atomic E-state index is 0.168. The summed E-state index contributed by atoms with van der Waals surface area (Å²) in [6.07, 6.45) is 5.31. The summed E-state index contributed by atoms with van der Waals surface area (Å²) in [6.45, 7) is 2.83. The maximum atomic E-state index is 4.43. The highest BCUT2D eigenvalue weighted by molar-refractivity contribution is 5.83. The number of aromatic nitrogens is 6. The van der Waals surface area contributed by atoms with Gasteiger partial charge >= 0.3 is 0 Å². The molecule has 1 unspecified atom stereocenters. The molecule has 0 aliphatic carbocycles. The van der Waals surface area contributed by atoms with E-state index in [9.17, 15) is 0 Å². The molecule has 20 heavy (non-hydrogen) atoms. The van der Waals surface area contributed by atoms with Crippen LogP contribution in [-0.2, 0) is 6.54 Å². The number of hydrogen-bond acceptors (Lipinski definition) is 6. The van der Waals surface area contributed by atoms with Crippen molar-refractivity contribution in [2.45, 2.75) is 19.5 Å². The fraction of sp³-hybridized carbons (Fsp3) is 0.333. The van der Waals surface area contributed by atoms with Gasteiger partial charge in [0.2, 0.25) is 5.95 Å². The van der Waals surface area contributed by atoms with Crippen LogP contribution < -0.4 is 10.6 Å². The van der Waals surface area contributed by atoms with Crippen LogP contribution in [0.15, 0.2) is 24.8 Å². The monoisotopic (exact) mass is 272 g/mol. The van der Waals surface area contributed by atoms with Crippen LogP contribution in [0.1, 0.15) is 6.92 Å². The van der Waals surface area contributed by atoms with Gasteiger partial charge in [-0.1, -0.05) is 0 Å². The van der Waals surface area contributed by atoms with Crippen LogP contribution in [0.25, 0.3) is 11.2 Å². The second-order valence-corrected chi connectivity index (χ2v) is 4.52. The highest BCUT2D eigenvalue weighted by Crippen LogP contribution is 2.19. The van der Waals surface area contributed by atoms with Gasteiger partial charge in [-0.15, -0.1) is 0 Å². The van der Waals surface area contributed by atoms with Crippen molar-refractivity contribution in [2.75, 3.05) is 17.7 Å². The number of anilines is 2. The molecule has 8 nitrogen and oxygen atoms in total. The van der Waals surface area contributed by atoms with E-state index < -0.39 is 0 Å². The Hall–Kier alpha value is -2.64. The molecule has 3 N–H and O–H groups in total. The molecule has 0 aliphatic heterocycles. The molecule has 104 valence electrons. The highest BCUT2D eigenvalue weighted by atomic mass is 15.3. The van der Waals surface area contributed by atoms with Gasteiger partial charge in [0.1, 0.15) is 5.52 Å². The normalized spacial score (nSPS) is 12.5. The average molecular weight is 272 g/mol. The molecule has 0 saturated carbocycles. The number of imidazole rings is 1. The van der Waals surface area contributed by atoms with E-state index in [1.807, 2.05) is 16.9 Å². The fourth-order valence-electron chi connectivity index (χ4n) is 2.02. The fourth-order valence-corrected chi connectivity index (χ4v) is 2.02. The molecule has 8 heteroatoms. The zero-order valence-corrected chi connectivity index (χ0v) is 11.3. The molecule has 0 radical (unpaired) electrons. The lowest BCUT2D eigenvalue weighted by atomic mass is 10.3. The number of H-pyrrole nitrogens is 1. The van der Waals surface area contributed by atoms with Gasteiger partial charge in [0, 0.05) is 25.5 Å². The van der Waals surface area contributed by atoms with Crippen LogP contribution in [0.3, 0.4) is 0 Å². The minimum absolute atomic E-state index is 0.168. The van der Waals surface area contributed by atoms with E-state index in [0.717, 1.165) is 17.9 Å². The number of aromatic amines is 1. The van der Waals surface area contributed by atoms with Crippen LogP contribution in [0, 0.1) is 0 Å². The van der Waals surface area contributed by atoms with Crippen LogP contribution >= 0.6 is 0 Å². The average Bonchev–Trinajstić information content (AvgIpc) is 3.09. The standard InChI is InChI=1S/C12H16N8/c1-8(6-20-5-3-4-16-20)17-11-9-10(15-7-14-9)18-12(13-2)19-11/h3-5,7-8H,6H2,1-2H3,(H3,13,14,15,17,18,19). The highest BCUT2D eigenvalue weighted by Gasteiger charge is 2.12. The summed E-state index contributed by atoms with van der Waals surface area (Å²) in [5.74, 6) is 1.27. The van der Waals surface area contributed by atoms with Crippen LogP contribution in [0.2, 0.25) is 0 Å². The Balaban J connectivity index is 1.84. The molecular weight excluding hydrogens is 256 g/mol.